The Bertz CT molecular complexity index is 670. The van der Waals surface area contributed by atoms with E-state index in [-0.39, 0.29) is 5.92 Å². The predicted molar refractivity (Wildman–Crippen MR) is 79.7 cm³/mol. The Kier molecular flexibility index (Phi) is 3.85. The van der Waals surface area contributed by atoms with Gasteiger partial charge in [0.1, 0.15) is 23.5 Å². The van der Waals surface area contributed by atoms with Crippen LogP contribution in [0.2, 0.25) is 0 Å². The quantitative estimate of drug-likeness (QED) is 0.892. The first kappa shape index (κ1) is 13.8. The molecule has 0 amide bonds. The summed E-state index contributed by atoms with van der Waals surface area (Å²) in [5, 5.41) is 12.4. The summed E-state index contributed by atoms with van der Waals surface area (Å²) in [7, 11) is 0. The molecule has 0 spiro atoms. The zero-order valence-corrected chi connectivity index (χ0v) is 11.8. The Morgan fingerprint density at radius 1 is 1.30 bits per heavy atom. The Morgan fingerprint density at radius 2 is 2.05 bits per heavy atom. The van der Waals surface area contributed by atoms with E-state index >= 15 is 0 Å². The van der Waals surface area contributed by atoms with E-state index in [1.807, 2.05) is 39.0 Å². The molecule has 1 heterocycles. The van der Waals surface area contributed by atoms with Gasteiger partial charge in [-0.3, -0.25) is 0 Å². The summed E-state index contributed by atoms with van der Waals surface area (Å²) in [6, 6.07) is 9.50. The minimum absolute atomic E-state index is 0.187. The third kappa shape index (κ3) is 2.86. The van der Waals surface area contributed by atoms with E-state index in [4.69, 9.17) is 5.73 Å². The second-order valence-electron chi connectivity index (χ2n) is 4.93. The zero-order chi connectivity index (χ0) is 14.7. The van der Waals surface area contributed by atoms with Crippen LogP contribution >= 0.6 is 0 Å². The monoisotopic (exact) mass is 267 g/mol. The molecule has 0 bridgehead atoms. The molecule has 0 radical (unpaired) electrons. The topological polar surface area (TPSA) is 87.6 Å². The molecule has 2 rings (SSSR count). The number of hydrogen-bond donors (Lipinski definition) is 2. The third-order valence-corrected chi connectivity index (χ3v) is 2.93. The minimum Gasteiger partial charge on any atom is -0.384 e. The molecule has 5 heteroatoms. The maximum atomic E-state index is 9.23. The maximum Gasteiger partial charge on any atom is 0.136 e. The second-order valence-corrected chi connectivity index (χ2v) is 4.93. The van der Waals surface area contributed by atoms with Crippen molar-refractivity contribution in [3.8, 4) is 6.07 Å². The Balaban J connectivity index is 2.41. The van der Waals surface area contributed by atoms with Crippen molar-refractivity contribution in [2.24, 2.45) is 0 Å². The Labute approximate surface area is 118 Å². The number of aromatic nitrogens is 2. The van der Waals surface area contributed by atoms with E-state index in [0.29, 0.717) is 23.0 Å². The minimum atomic E-state index is 0.187. The molecule has 20 heavy (non-hydrogen) atoms. The number of hydrogen-bond acceptors (Lipinski definition) is 5. The first-order valence-electron chi connectivity index (χ1n) is 6.42. The molecule has 1 aromatic heterocycles. The summed E-state index contributed by atoms with van der Waals surface area (Å²) in [5.74, 6) is 1.88. The number of aryl methyl sites for hydroxylation is 1. The van der Waals surface area contributed by atoms with Gasteiger partial charge < -0.3 is 11.1 Å². The molecule has 0 aliphatic carbocycles. The van der Waals surface area contributed by atoms with E-state index in [0.717, 1.165) is 11.3 Å². The van der Waals surface area contributed by atoms with Crippen LogP contribution in [0.4, 0.5) is 17.3 Å². The summed E-state index contributed by atoms with van der Waals surface area (Å²) >= 11 is 0. The molecule has 3 N–H and O–H groups in total. The average molecular weight is 267 g/mol. The van der Waals surface area contributed by atoms with E-state index in [9.17, 15) is 5.26 Å². The molecule has 2 aromatic rings. The SMILES string of the molecule is Cc1cccc(Nc2cc(N)nc(C(C)C)n2)c1C#N. The summed E-state index contributed by atoms with van der Waals surface area (Å²) in [6.45, 7) is 5.91. The first-order valence-corrected chi connectivity index (χ1v) is 6.42. The molecule has 0 saturated carbocycles. The maximum absolute atomic E-state index is 9.23. The lowest BCUT2D eigenvalue weighted by Gasteiger charge is -2.12. The smallest absolute Gasteiger partial charge is 0.136 e. The van der Waals surface area contributed by atoms with Gasteiger partial charge in [-0.2, -0.15) is 5.26 Å². The van der Waals surface area contributed by atoms with Gasteiger partial charge in [-0.15, -0.1) is 0 Å². The van der Waals surface area contributed by atoms with Gasteiger partial charge in [0.15, 0.2) is 0 Å². The van der Waals surface area contributed by atoms with Gasteiger partial charge in [0.2, 0.25) is 0 Å². The molecule has 0 aliphatic heterocycles. The van der Waals surface area contributed by atoms with Crippen LogP contribution < -0.4 is 11.1 Å². The fourth-order valence-electron chi connectivity index (χ4n) is 1.87. The fraction of sp³-hybridized carbons (Fsp3) is 0.267. The number of benzene rings is 1. The number of nitrogen functional groups attached to an aromatic ring is 1. The number of nitrogens with zero attached hydrogens (tertiary/aromatic N) is 3. The van der Waals surface area contributed by atoms with Gasteiger partial charge in [0, 0.05) is 12.0 Å². The standard InChI is InChI=1S/C15H17N5/c1-9(2)15-19-13(17)7-14(20-15)18-12-6-4-5-10(3)11(12)8-16/h4-7,9H,1-3H3,(H3,17,18,19,20). The van der Waals surface area contributed by atoms with Crippen LogP contribution in [0.25, 0.3) is 0 Å². The van der Waals surface area contributed by atoms with E-state index in [2.05, 4.69) is 21.4 Å². The zero-order valence-electron chi connectivity index (χ0n) is 11.8. The highest BCUT2D eigenvalue weighted by molar-refractivity contribution is 5.67. The van der Waals surface area contributed by atoms with Crippen molar-refractivity contribution in [2.45, 2.75) is 26.7 Å². The molecule has 5 nitrogen and oxygen atoms in total. The molecule has 0 saturated heterocycles. The van der Waals surface area contributed by atoms with Gasteiger partial charge >= 0.3 is 0 Å². The number of anilines is 3. The largest absolute Gasteiger partial charge is 0.384 e. The molecule has 0 aliphatic rings. The van der Waals surface area contributed by atoms with Gasteiger partial charge in [-0.05, 0) is 18.6 Å². The summed E-state index contributed by atoms with van der Waals surface area (Å²) < 4.78 is 0. The number of nitrogens with one attached hydrogen (secondary N) is 1. The van der Waals surface area contributed by atoms with Crippen molar-refractivity contribution in [3.05, 3.63) is 41.2 Å². The molecular formula is C15H17N5. The lowest BCUT2D eigenvalue weighted by atomic mass is 10.1. The average Bonchev–Trinajstić information content (AvgIpc) is 2.38. The van der Waals surface area contributed by atoms with Crippen molar-refractivity contribution in [1.29, 1.82) is 5.26 Å². The lowest BCUT2D eigenvalue weighted by molar-refractivity contribution is 0.779. The number of rotatable bonds is 3. The van der Waals surface area contributed by atoms with E-state index in [1.165, 1.54) is 0 Å². The van der Waals surface area contributed by atoms with Crippen LogP contribution in [0, 0.1) is 18.3 Å². The normalized spacial score (nSPS) is 10.3. The molecule has 0 fully saturated rings. The van der Waals surface area contributed by atoms with Crippen LogP contribution in [0.3, 0.4) is 0 Å². The highest BCUT2D eigenvalue weighted by atomic mass is 15.1. The van der Waals surface area contributed by atoms with Crippen LogP contribution in [-0.4, -0.2) is 9.97 Å². The third-order valence-electron chi connectivity index (χ3n) is 2.93. The fourth-order valence-corrected chi connectivity index (χ4v) is 1.87. The second kappa shape index (κ2) is 5.57. The molecule has 102 valence electrons. The molecular weight excluding hydrogens is 250 g/mol. The number of nitrogens with two attached hydrogens (primary N) is 1. The Hall–Kier alpha value is -2.61. The van der Waals surface area contributed by atoms with Gasteiger partial charge in [0.25, 0.3) is 0 Å². The molecule has 0 unspecified atom stereocenters. The molecule has 0 atom stereocenters. The van der Waals surface area contributed by atoms with Gasteiger partial charge in [-0.1, -0.05) is 26.0 Å². The first-order chi connectivity index (χ1) is 9.51. The van der Waals surface area contributed by atoms with Crippen LogP contribution in [0.1, 0.15) is 36.7 Å². The molecule has 1 aromatic carbocycles. The van der Waals surface area contributed by atoms with Crippen molar-refractivity contribution < 1.29 is 0 Å². The highest BCUT2D eigenvalue weighted by Crippen LogP contribution is 2.23. The van der Waals surface area contributed by atoms with Gasteiger partial charge in [0.05, 0.1) is 11.3 Å². The van der Waals surface area contributed by atoms with Crippen molar-refractivity contribution in [2.75, 3.05) is 11.1 Å². The lowest BCUT2D eigenvalue weighted by Crippen LogP contribution is -2.05. The van der Waals surface area contributed by atoms with Crippen molar-refractivity contribution in [1.82, 2.24) is 9.97 Å². The highest BCUT2D eigenvalue weighted by Gasteiger charge is 2.09. The summed E-state index contributed by atoms with van der Waals surface area (Å²) in [5.41, 5.74) is 8.04. The summed E-state index contributed by atoms with van der Waals surface area (Å²) in [4.78, 5) is 8.62. The summed E-state index contributed by atoms with van der Waals surface area (Å²) in [6.07, 6.45) is 0. The predicted octanol–water partition coefficient (Wildman–Crippen LogP) is 3.11. The Morgan fingerprint density at radius 3 is 2.70 bits per heavy atom. The van der Waals surface area contributed by atoms with E-state index < -0.39 is 0 Å². The van der Waals surface area contributed by atoms with Crippen molar-refractivity contribution in [3.63, 3.8) is 0 Å². The van der Waals surface area contributed by atoms with Gasteiger partial charge in [-0.25, -0.2) is 9.97 Å². The van der Waals surface area contributed by atoms with Crippen molar-refractivity contribution >= 4 is 17.3 Å². The van der Waals surface area contributed by atoms with E-state index in [1.54, 1.807) is 6.07 Å². The van der Waals surface area contributed by atoms with Crippen LogP contribution in [0.15, 0.2) is 24.3 Å². The van der Waals surface area contributed by atoms with Crippen LogP contribution in [0.5, 0.6) is 0 Å². The van der Waals surface area contributed by atoms with Crippen LogP contribution in [-0.2, 0) is 0 Å². The number of nitriles is 1.